The van der Waals surface area contributed by atoms with Crippen LogP contribution < -0.4 is 4.35 Å². The van der Waals surface area contributed by atoms with Gasteiger partial charge in [-0.2, -0.15) is 0 Å². The van der Waals surface area contributed by atoms with Crippen molar-refractivity contribution in [1.29, 1.82) is 0 Å². The first-order valence-corrected chi connectivity index (χ1v) is 10.1. The Kier molecular flexibility index (Phi) is 5.11. The monoisotopic (exact) mass is 311 g/mol. The molecule has 4 heteroatoms. The molecule has 1 fully saturated rings. The first-order chi connectivity index (χ1) is 8.77. The van der Waals surface area contributed by atoms with Crippen LogP contribution in [0.1, 0.15) is 32.6 Å². The van der Waals surface area contributed by atoms with Crippen molar-refractivity contribution in [3.05, 3.63) is 30.3 Å². The van der Waals surface area contributed by atoms with Crippen LogP contribution in [-0.2, 0) is 7.47 Å². The van der Waals surface area contributed by atoms with Crippen molar-refractivity contribution >= 4 is 18.4 Å². The molecule has 0 amide bonds. The van der Waals surface area contributed by atoms with Crippen molar-refractivity contribution in [2.75, 3.05) is 19.7 Å². The van der Waals surface area contributed by atoms with Crippen molar-refractivity contribution in [2.24, 2.45) is 0 Å². The Hall–Kier alpha value is -0.502. The van der Waals surface area contributed by atoms with Crippen LogP contribution in [-0.4, -0.2) is 37.6 Å². The second kappa shape index (κ2) is 6.60. The van der Waals surface area contributed by atoms with Crippen LogP contribution in [0, 0.1) is 0 Å². The third-order valence-electron chi connectivity index (χ3n) is 3.26. The van der Waals surface area contributed by atoms with E-state index >= 15 is 0 Å². The quantitative estimate of drug-likeness (QED) is 0.781. The summed E-state index contributed by atoms with van der Waals surface area (Å²) in [5, 5.41) is 0. The average Bonchev–Trinajstić information content (AvgIpc) is 2.46. The van der Waals surface area contributed by atoms with Gasteiger partial charge in [-0.1, -0.05) is 0 Å². The molecule has 1 atom stereocenters. The summed E-state index contributed by atoms with van der Waals surface area (Å²) in [5.41, 5.74) is 0. The summed E-state index contributed by atoms with van der Waals surface area (Å²) >= 11 is -3.56. The Labute approximate surface area is 112 Å². The molecule has 1 aliphatic rings. The number of benzene rings is 1. The van der Waals surface area contributed by atoms with Crippen LogP contribution in [0.25, 0.3) is 0 Å². The summed E-state index contributed by atoms with van der Waals surface area (Å²) in [6.45, 7) is 4.47. The second-order valence-electron chi connectivity index (χ2n) is 4.70. The molecule has 0 spiro atoms. The summed E-state index contributed by atoms with van der Waals surface area (Å²) in [6.07, 6.45) is 4.42. The number of nitrogens with zero attached hydrogens (tertiary/aromatic N) is 1. The fraction of sp³-hybridized carbons (Fsp3) is 0.571. The topological polar surface area (TPSA) is 29.5 Å². The number of rotatable bonds is 5. The van der Waals surface area contributed by atoms with Crippen LogP contribution >= 0.6 is 0 Å². The molecule has 0 aromatic heterocycles. The fourth-order valence-electron chi connectivity index (χ4n) is 2.29. The number of hydrogen-bond acceptors (Lipinski definition) is 2. The molecular formula is C14H22AsNO2. The molecule has 1 heterocycles. The van der Waals surface area contributed by atoms with Crippen LogP contribution in [0.15, 0.2) is 30.3 Å². The van der Waals surface area contributed by atoms with E-state index in [1.807, 2.05) is 30.3 Å². The average molecular weight is 311 g/mol. The van der Waals surface area contributed by atoms with Gasteiger partial charge in [-0.15, -0.1) is 0 Å². The summed E-state index contributed by atoms with van der Waals surface area (Å²) < 4.78 is 22.2. The zero-order chi connectivity index (χ0) is 12.8. The predicted octanol–water partition coefficient (Wildman–Crippen LogP) is 2.18. The van der Waals surface area contributed by atoms with Crippen molar-refractivity contribution in [3.8, 4) is 0 Å². The molecule has 1 aromatic rings. The van der Waals surface area contributed by atoms with Crippen molar-refractivity contribution in [2.45, 2.75) is 32.6 Å². The van der Waals surface area contributed by atoms with Gasteiger partial charge in [-0.25, -0.2) is 0 Å². The summed E-state index contributed by atoms with van der Waals surface area (Å²) in [4.78, 5) is 0. The van der Waals surface area contributed by atoms with Crippen LogP contribution in [0.2, 0.25) is 0 Å². The SMILES string of the molecule is CCCO[As](=O)(c1ccccc1)N1CCCCC1. The van der Waals surface area contributed by atoms with Crippen molar-refractivity contribution in [3.63, 3.8) is 0 Å². The summed E-state index contributed by atoms with van der Waals surface area (Å²) in [5.74, 6) is 0. The van der Waals surface area contributed by atoms with Gasteiger partial charge in [0.05, 0.1) is 0 Å². The summed E-state index contributed by atoms with van der Waals surface area (Å²) in [6, 6.07) is 9.75. The third-order valence-corrected chi connectivity index (χ3v) is 8.77. The van der Waals surface area contributed by atoms with Gasteiger partial charge in [0.15, 0.2) is 0 Å². The van der Waals surface area contributed by atoms with E-state index in [1.165, 1.54) is 6.42 Å². The molecule has 1 saturated heterocycles. The fourth-order valence-corrected chi connectivity index (χ4v) is 7.38. The Balaban J connectivity index is 2.24. The molecule has 2 rings (SSSR count). The van der Waals surface area contributed by atoms with Gasteiger partial charge in [-0.05, 0) is 0 Å². The van der Waals surface area contributed by atoms with Crippen LogP contribution in [0.5, 0.6) is 0 Å². The molecule has 0 bridgehead atoms. The normalized spacial score (nSPS) is 20.5. The van der Waals surface area contributed by atoms with E-state index in [0.29, 0.717) is 6.61 Å². The van der Waals surface area contributed by atoms with Crippen molar-refractivity contribution in [1.82, 2.24) is 3.82 Å². The van der Waals surface area contributed by atoms with Crippen LogP contribution in [0.4, 0.5) is 0 Å². The maximum atomic E-state index is 13.3. The van der Waals surface area contributed by atoms with E-state index in [-0.39, 0.29) is 0 Å². The molecule has 0 N–H and O–H groups in total. The first kappa shape index (κ1) is 13.9. The number of piperidine rings is 1. The maximum absolute atomic E-state index is 13.3. The number of hydrogen-bond donors (Lipinski definition) is 0. The minimum atomic E-state index is -3.56. The van der Waals surface area contributed by atoms with Gasteiger partial charge >= 0.3 is 112 Å². The Morgan fingerprint density at radius 1 is 1.17 bits per heavy atom. The Morgan fingerprint density at radius 3 is 2.44 bits per heavy atom. The Morgan fingerprint density at radius 2 is 1.83 bits per heavy atom. The zero-order valence-corrected chi connectivity index (χ0v) is 12.9. The molecule has 18 heavy (non-hydrogen) atoms. The molecular weight excluding hydrogens is 289 g/mol. The third kappa shape index (κ3) is 3.08. The van der Waals surface area contributed by atoms with Gasteiger partial charge in [0, 0.05) is 0 Å². The molecule has 1 unspecified atom stereocenters. The van der Waals surface area contributed by atoms with Crippen LogP contribution in [0.3, 0.4) is 0 Å². The van der Waals surface area contributed by atoms with E-state index in [0.717, 1.165) is 36.7 Å². The molecule has 0 saturated carbocycles. The predicted molar refractivity (Wildman–Crippen MR) is 74.2 cm³/mol. The Bertz CT molecular complexity index is 402. The molecule has 0 aliphatic carbocycles. The molecule has 1 aromatic carbocycles. The van der Waals surface area contributed by atoms with Gasteiger partial charge in [0.2, 0.25) is 0 Å². The zero-order valence-electron chi connectivity index (χ0n) is 11.0. The van der Waals surface area contributed by atoms with Crippen molar-refractivity contribution < 1.29 is 7.47 Å². The second-order valence-corrected chi connectivity index (χ2v) is 9.70. The van der Waals surface area contributed by atoms with Gasteiger partial charge in [0.1, 0.15) is 0 Å². The summed E-state index contributed by atoms with van der Waals surface area (Å²) in [7, 11) is 0. The van der Waals surface area contributed by atoms with E-state index in [2.05, 4.69) is 10.7 Å². The molecule has 0 radical (unpaired) electrons. The van der Waals surface area contributed by atoms with Gasteiger partial charge in [-0.3, -0.25) is 0 Å². The standard InChI is InChI=1S/C14H22AsNO2/c1-2-13-18-15(17,14-9-5-3-6-10-14)16-11-7-4-8-12-16/h3,5-6,9-10H,2,4,7-8,11-13H2,1H3. The minimum absolute atomic E-state index is 0.585. The molecule has 3 nitrogen and oxygen atoms in total. The first-order valence-electron chi connectivity index (χ1n) is 6.83. The van der Waals surface area contributed by atoms with Gasteiger partial charge < -0.3 is 0 Å². The van der Waals surface area contributed by atoms with E-state index in [1.54, 1.807) is 0 Å². The molecule has 100 valence electrons. The van der Waals surface area contributed by atoms with E-state index in [4.69, 9.17) is 3.73 Å². The van der Waals surface area contributed by atoms with Gasteiger partial charge in [0.25, 0.3) is 0 Å². The van der Waals surface area contributed by atoms with E-state index < -0.39 is 14.1 Å². The van der Waals surface area contributed by atoms with E-state index in [9.17, 15) is 3.74 Å². The molecule has 1 aliphatic heterocycles.